The highest BCUT2D eigenvalue weighted by Crippen LogP contribution is 2.45. The molecule has 0 bridgehead atoms. The molecule has 0 radical (unpaired) electrons. The topological polar surface area (TPSA) is 27.0 Å². The summed E-state index contributed by atoms with van der Waals surface area (Å²) in [5, 5.41) is 9.63. The lowest BCUT2D eigenvalue weighted by Gasteiger charge is -2.33. The largest absolute Gasteiger partial charge is 0.301 e. The van der Waals surface area contributed by atoms with E-state index in [0.717, 1.165) is 41.3 Å². The standard InChI is InChI=1S/C16H29N.C16H15N/c1-13-4-3-10-17(13)11-9-14-7-8-15-5-2-6-16(15)12-14;1-2-16(13-17,14-9-5-3-6-10-14)15-11-7-4-8-12-15/h13-16H,2-12H2,1H3;3-12H,2H2,1H3/t13-,14?,15?,16?;/m1./s1. The minimum atomic E-state index is -0.525. The molecule has 3 fully saturated rings. The highest BCUT2D eigenvalue weighted by Gasteiger charge is 2.34. The number of benzene rings is 2. The first-order valence-corrected chi connectivity index (χ1v) is 13.9. The number of hydrogen-bond donors (Lipinski definition) is 0. The molecule has 2 aliphatic carbocycles. The van der Waals surface area contributed by atoms with Crippen LogP contribution in [-0.2, 0) is 5.41 Å². The van der Waals surface area contributed by atoms with Crippen molar-refractivity contribution in [3.63, 3.8) is 0 Å². The molecule has 5 rings (SSSR count). The van der Waals surface area contributed by atoms with Crippen molar-refractivity contribution in [1.29, 1.82) is 5.26 Å². The van der Waals surface area contributed by atoms with Crippen molar-refractivity contribution in [3.8, 4) is 6.07 Å². The third-order valence-corrected chi connectivity index (χ3v) is 9.17. The third-order valence-electron chi connectivity index (χ3n) is 9.17. The van der Waals surface area contributed by atoms with Gasteiger partial charge in [-0.15, -0.1) is 0 Å². The molecule has 0 N–H and O–H groups in total. The summed E-state index contributed by atoms with van der Waals surface area (Å²) in [6.07, 6.45) is 14.5. The molecule has 1 saturated heterocycles. The van der Waals surface area contributed by atoms with Gasteiger partial charge in [-0.3, -0.25) is 0 Å². The molecule has 0 spiro atoms. The molecule has 1 heterocycles. The molecule has 4 atom stereocenters. The van der Waals surface area contributed by atoms with E-state index in [1.165, 1.54) is 38.8 Å². The second-order valence-electron chi connectivity index (χ2n) is 11.0. The zero-order valence-corrected chi connectivity index (χ0v) is 21.5. The van der Waals surface area contributed by atoms with Crippen LogP contribution in [0.2, 0.25) is 0 Å². The summed E-state index contributed by atoms with van der Waals surface area (Å²) < 4.78 is 0. The van der Waals surface area contributed by atoms with Gasteiger partial charge in [0.25, 0.3) is 0 Å². The van der Waals surface area contributed by atoms with Gasteiger partial charge in [-0.1, -0.05) is 93.3 Å². The Kier molecular flexibility index (Phi) is 8.85. The van der Waals surface area contributed by atoms with Gasteiger partial charge < -0.3 is 4.90 Å². The lowest BCUT2D eigenvalue weighted by atomic mass is 9.74. The fourth-order valence-corrected chi connectivity index (χ4v) is 6.96. The summed E-state index contributed by atoms with van der Waals surface area (Å²) >= 11 is 0. The Balaban J connectivity index is 0.000000161. The maximum atomic E-state index is 9.63. The van der Waals surface area contributed by atoms with Gasteiger partial charge in [-0.25, -0.2) is 0 Å². The average molecular weight is 457 g/mol. The minimum Gasteiger partial charge on any atom is -0.301 e. The summed E-state index contributed by atoms with van der Waals surface area (Å²) in [5.41, 5.74) is 1.61. The van der Waals surface area contributed by atoms with Crippen molar-refractivity contribution in [3.05, 3.63) is 71.8 Å². The second-order valence-corrected chi connectivity index (χ2v) is 11.0. The van der Waals surface area contributed by atoms with Gasteiger partial charge in [0, 0.05) is 6.04 Å². The molecule has 2 heteroatoms. The molecule has 2 saturated carbocycles. The SMILES string of the molecule is CCC(C#N)(c1ccccc1)c1ccccc1.C[C@@H]1CCCN1CCC1CCC2CCCC2C1. The van der Waals surface area contributed by atoms with Gasteiger partial charge in [-0.2, -0.15) is 5.26 Å². The van der Waals surface area contributed by atoms with E-state index in [9.17, 15) is 5.26 Å². The van der Waals surface area contributed by atoms with E-state index in [1.807, 2.05) is 60.7 Å². The molecular formula is C32H44N2. The summed E-state index contributed by atoms with van der Waals surface area (Å²) in [6, 6.07) is 23.4. The fraction of sp³-hybridized carbons (Fsp3) is 0.594. The Morgan fingerprint density at radius 2 is 1.50 bits per heavy atom. The first kappa shape index (κ1) is 25.0. The predicted octanol–water partition coefficient (Wildman–Crippen LogP) is 7.98. The van der Waals surface area contributed by atoms with E-state index in [-0.39, 0.29) is 0 Å². The fourth-order valence-electron chi connectivity index (χ4n) is 6.96. The van der Waals surface area contributed by atoms with Crippen molar-refractivity contribution in [1.82, 2.24) is 4.90 Å². The van der Waals surface area contributed by atoms with Crippen LogP contribution >= 0.6 is 0 Å². The average Bonchev–Trinajstić information content (AvgIpc) is 3.54. The van der Waals surface area contributed by atoms with Gasteiger partial charge in [-0.05, 0) is 87.4 Å². The van der Waals surface area contributed by atoms with Crippen molar-refractivity contribution in [2.75, 3.05) is 13.1 Å². The van der Waals surface area contributed by atoms with Crippen LogP contribution in [0.1, 0.15) is 89.2 Å². The number of hydrogen-bond acceptors (Lipinski definition) is 2. The Bertz CT molecular complexity index is 860. The van der Waals surface area contributed by atoms with Crippen molar-refractivity contribution >= 4 is 0 Å². The normalized spacial score (nSPS) is 26.9. The van der Waals surface area contributed by atoms with Crippen LogP contribution in [0.4, 0.5) is 0 Å². The van der Waals surface area contributed by atoms with Gasteiger partial charge in [0.15, 0.2) is 0 Å². The zero-order valence-electron chi connectivity index (χ0n) is 21.5. The van der Waals surface area contributed by atoms with Crippen LogP contribution in [-0.4, -0.2) is 24.0 Å². The first-order valence-electron chi connectivity index (χ1n) is 13.9. The molecule has 182 valence electrons. The number of nitrogens with zero attached hydrogens (tertiary/aromatic N) is 2. The summed E-state index contributed by atoms with van der Waals surface area (Å²) in [4.78, 5) is 2.74. The van der Waals surface area contributed by atoms with Crippen molar-refractivity contribution < 1.29 is 0 Å². The maximum Gasteiger partial charge on any atom is 0.107 e. The van der Waals surface area contributed by atoms with Crippen molar-refractivity contribution in [2.24, 2.45) is 17.8 Å². The Morgan fingerprint density at radius 1 is 0.853 bits per heavy atom. The van der Waals surface area contributed by atoms with Gasteiger partial charge in [0.2, 0.25) is 0 Å². The highest BCUT2D eigenvalue weighted by atomic mass is 15.2. The monoisotopic (exact) mass is 456 g/mol. The molecular weight excluding hydrogens is 412 g/mol. The quantitative estimate of drug-likeness (QED) is 0.440. The first-order chi connectivity index (χ1) is 16.7. The molecule has 2 aromatic rings. The Hall–Kier alpha value is -2.11. The van der Waals surface area contributed by atoms with Crippen LogP contribution in [0, 0.1) is 29.1 Å². The smallest absolute Gasteiger partial charge is 0.107 e. The van der Waals surface area contributed by atoms with E-state index in [4.69, 9.17) is 0 Å². The van der Waals surface area contributed by atoms with Crippen LogP contribution in [0.5, 0.6) is 0 Å². The lowest BCUT2D eigenvalue weighted by molar-refractivity contribution is 0.173. The Morgan fingerprint density at radius 3 is 2.06 bits per heavy atom. The number of fused-ring (bicyclic) bond motifs is 1. The van der Waals surface area contributed by atoms with E-state index in [1.54, 1.807) is 32.1 Å². The van der Waals surface area contributed by atoms with Crippen molar-refractivity contribution in [2.45, 2.75) is 89.5 Å². The molecule has 1 aliphatic heterocycles. The van der Waals surface area contributed by atoms with E-state index >= 15 is 0 Å². The number of likely N-dealkylation sites (tertiary alicyclic amines) is 1. The Labute approximate surface area is 208 Å². The lowest BCUT2D eigenvalue weighted by Crippen LogP contribution is -2.30. The highest BCUT2D eigenvalue weighted by molar-refractivity contribution is 5.45. The molecule has 2 nitrogen and oxygen atoms in total. The minimum absolute atomic E-state index is 0.525. The molecule has 34 heavy (non-hydrogen) atoms. The van der Waals surface area contributed by atoms with Crippen LogP contribution in [0.25, 0.3) is 0 Å². The maximum absolute atomic E-state index is 9.63. The van der Waals surface area contributed by atoms with Crippen LogP contribution in [0.3, 0.4) is 0 Å². The second kappa shape index (κ2) is 12.0. The van der Waals surface area contributed by atoms with Gasteiger partial charge >= 0.3 is 0 Å². The van der Waals surface area contributed by atoms with Gasteiger partial charge in [0.05, 0.1) is 6.07 Å². The molecule has 3 unspecified atom stereocenters. The molecule has 3 aliphatic rings. The molecule has 0 aromatic heterocycles. The predicted molar refractivity (Wildman–Crippen MR) is 143 cm³/mol. The van der Waals surface area contributed by atoms with E-state index in [0.29, 0.717) is 0 Å². The summed E-state index contributed by atoms with van der Waals surface area (Å²) in [5.74, 6) is 3.34. The van der Waals surface area contributed by atoms with Gasteiger partial charge in [0.1, 0.15) is 5.41 Å². The van der Waals surface area contributed by atoms with E-state index in [2.05, 4.69) is 24.8 Å². The number of nitriles is 1. The molecule has 2 aromatic carbocycles. The third kappa shape index (κ3) is 5.75. The zero-order chi connectivity index (χ0) is 23.8. The summed E-state index contributed by atoms with van der Waals surface area (Å²) in [7, 11) is 0. The van der Waals surface area contributed by atoms with E-state index < -0.39 is 5.41 Å². The molecule has 0 amide bonds. The number of rotatable bonds is 6. The summed E-state index contributed by atoms with van der Waals surface area (Å²) in [6.45, 7) is 7.24. The van der Waals surface area contributed by atoms with Crippen LogP contribution < -0.4 is 0 Å². The van der Waals surface area contributed by atoms with Crippen LogP contribution in [0.15, 0.2) is 60.7 Å².